The van der Waals surface area contributed by atoms with Crippen molar-refractivity contribution in [1.29, 1.82) is 0 Å². The van der Waals surface area contributed by atoms with Gasteiger partial charge < -0.3 is 15.1 Å². The van der Waals surface area contributed by atoms with Gasteiger partial charge in [-0.25, -0.2) is 5.43 Å². The summed E-state index contributed by atoms with van der Waals surface area (Å²) in [5.74, 6) is -1.81. The van der Waals surface area contributed by atoms with Crippen LogP contribution in [0.2, 0.25) is 0 Å². The summed E-state index contributed by atoms with van der Waals surface area (Å²) < 4.78 is 0. The zero-order valence-electron chi connectivity index (χ0n) is 19.8. The first-order chi connectivity index (χ1) is 16.6. The molecule has 11 heteroatoms. The number of benzene rings is 1. The summed E-state index contributed by atoms with van der Waals surface area (Å²) in [4.78, 5) is 40.2. The van der Waals surface area contributed by atoms with Gasteiger partial charge in [-0.3, -0.25) is 14.4 Å². The van der Waals surface area contributed by atoms with Gasteiger partial charge in [-0.1, -0.05) is 6.07 Å². The number of carbonyl (C=O) groups excluding carboxylic acids is 3. The fourth-order valence-electron chi connectivity index (χ4n) is 4.01. The van der Waals surface area contributed by atoms with Gasteiger partial charge in [-0.05, 0) is 63.1 Å². The van der Waals surface area contributed by atoms with Crippen molar-refractivity contribution in [1.82, 2.24) is 10.3 Å². The van der Waals surface area contributed by atoms with Crippen LogP contribution in [0.4, 0.5) is 5.69 Å². The van der Waals surface area contributed by atoms with Crippen LogP contribution in [0.25, 0.3) is 0 Å². The molecule has 4 rings (SSSR count). The van der Waals surface area contributed by atoms with Crippen LogP contribution in [-0.4, -0.2) is 69.6 Å². The molecule has 1 saturated heterocycles. The second-order valence-corrected chi connectivity index (χ2v) is 9.88. The number of nitrogens with one attached hydrogen (secondary N) is 1. The van der Waals surface area contributed by atoms with Crippen LogP contribution >= 0.6 is 11.3 Å². The molecular formula is C24H27N5O5S. The normalized spacial score (nSPS) is 22.6. The lowest BCUT2D eigenvalue weighted by atomic mass is 9.99. The van der Waals surface area contributed by atoms with Crippen LogP contribution < -0.4 is 10.4 Å². The molecule has 1 fully saturated rings. The minimum atomic E-state index is -0.977. The number of amides is 3. The highest BCUT2D eigenvalue weighted by Gasteiger charge is 2.37. The Kier molecular flexibility index (Phi) is 6.84. The van der Waals surface area contributed by atoms with Gasteiger partial charge in [0.1, 0.15) is 5.92 Å². The van der Waals surface area contributed by atoms with Crippen LogP contribution in [0, 0.1) is 19.8 Å². The molecule has 0 bridgehead atoms. The summed E-state index contributed by atoms with van der Waals surface area (Å²) in [6.07, 6.45) is -1.95. The topological polar surface area (TPSA) is 135 Å². The van der Waals surface area contributed by atoms with E-state index in [-0.39, 0.29) is 29.8 Å². The molecule has 2 aliphatic rings. The van der Waals surface area contributed by atoms with E-state index in [9.17, 15) is 24.6 Å². The van der Waals surface area contributed by atoms with Crippen molar-refractivity contribution in [3.63, 3.8) is 0 Å². The molecular weight excluding hydrogens is 470 g/mol. The zero-order chi connectivity index (χ0) is 25.4. The van der Waals surface area contributed by atoms with Crippen molar-refractivity contribution in [2.45, 2.75) is 39.9 Å². The Morgan fingerprint density at radius 1 is 1.06 bits per heavy atom. The Labute approximate surface area is 206 Å². The Bertz CT molecular complexity index is 1240. The van der Waals surface area contributed by atoms with E-state index in [2.05, 4.69) is 15.6 Å². The predicted octanol–water partition coefficient (Wildman–Crippen LogP) is 1.69. The first kappa shape index (κ1) is 24.7. The number of hydrogen-bond donors (Lipinski definition) is 3. The Hall–Kier alpha value is -3.41. The number of rotatable bonds is 5. The number of nitrogens with zero attached hydrogens (tertiary/aromatic N) is 4. The SMILES string of the molecule is CC1=NN(c2ccc(C)c(C)c2)C(=O)C1/C(C)=N/NC(=O)c1ccc(C(=O)N2CC(O)C(O)C2)s1. The number of β-amino-alcohol motifs (C(OH)–C–C–N with tert-alkyl or cyclic N) is 2. The standard InChI is InChI=1S/C24H27N5O5S/c1-12-5-6-16(9-13(12)2)29-24(34)21(15(4)27-29)14(3)25-26-22(32)19-7-8-20(35-19)23(33)28-10-17(30)18(31)11-28/h5-9,17-18,21,30-31H,10-11H2,1-4H3,(H,26,32)/b25-14+. The molecule has 184 valence electrons. The van der Waals surface area contributed by atoms with Gasteiger partial charge in [0, 0.05) is 13.1 Å². The average molecular weight is 498 g/mol. The number of hydrogen-bond acceptors (Lipinski definition) is 8. The lowest BCUT2D eigenvalue weighted by Crippen LogP contribution is -2.33. The van der Waals surface area contributed by atoms with E-state index in [1.54, 1.807) is 13.8 Å². The molecule has 35 heavy (non-hydrogen) atoms. The monoisotopic (exact) mass is 497 g/mol. The van der Waals surface area contributed by atoms with Gasteiger partial charge in [0.05, 0.1) is 39.1 Å². The van der Waals surface area contributed by atoms with Gasteiger partial charge in [0.15, 0.2) is 0 Å². The fourth-order valence-corrected chi connectivity index (χ4v) is 4.88. The van der Waals surface area contributed by atoms with E-state index >= 15 is 0 Å². The molecule has 0 spiro atoms. The second kappa shape index (κ2) is 9.68. The van der Waals surface area contributed by atoms with Crippen molar-refractivity contribution in [3.05, 3.63) is 51.2 Å². The Balaban J connectivity index is 1.41. The van der Waals surface area contributed by atoms with E-state index in [1.165, 1.54) is 22.0 Å². The number of carbonyl (C=O) groups is 3. The van der Waals surface area contributed by atoms with Crippen LogP contribution in [-0.2, 0) is 4.79 Å². The smallest absolute Gasteiger partial charge is 0.281 e. The fraction of sp³-hybridized carbons (Fsp3) is 0.375. The zero-order valence-corrected chi connectivity index (χ0v) is 20.7. The number of thiophene rings is 1. The van der Waals surface area contributed by atoms with Gasteiger partial charge in [-0.2, -0.15) is 15.2 Å². The summed E-state index contributed by atoms with van der Waals surface area (Å²) >= 11 is 0.989. The number of aliphatic hydroxyl groups excluding tert-OH is 2. The number of anilines is 1. The molecule has 3 N–H and O–H groups in total. The number of likely N-dealkylation sites (tertiary alicyclic amines) is 1. The summed E-state index contributed by atoms with van der Waals surface area (Å²) in [6.45, 7) is 7.44. The maximum Gasteiger partial charge on any atom is 0.281 e. The van der Waals surface area contributed by atoms with Crippen LogP contribution in [0.15, 0.2) is 40.5 Å². The average Bonchev–Trinajstić information content (AvgIpc) is 3.51. The third-order valence-corrected chi connectivity index (χ3v) is 7.28. The Morgan fingerprint density at radius 3 is 2.37 bits per heavy atom. The maximum atomic E-state index is 13.1. The predicted molar refractivity (Wildman–Crippen MR) is 133 cm³/mol. The van der Waals surface area contributed by atoms with Crippen LogP contribution in [0.3, 0.4) is 0 Å². The molecule has 1 aromatic carbocycles. The van der Waals surface area contributed by atoms with Crippen molar-refractivity contribution in [2.75, 3.05) is 18.1 Å². The highest BCUT2D eigenvalue weighted by Crippen LogP contribution is 2.27. The van der Waals surface area contributed by atoms with Gasteiger partial charge >= 0.3 is 0 Å². The third kappa shape index (κ3) is 4.88. The van der Waals surface area contributed by atoms with Gasteiger partial charge in [0.2, 0.25) is 0 Å². The highest BCUT2D eigenvalue weighted by molar-refractivity contribution is 7.15. The van der Waals surface area contributed by atoms with Crippen molar-refractivity contribution in [3.8, 4) is 0 Å². The molecule has 0 saturated carbocycles. The summed E-state index contributed by atoms with van der Waals surface area (Å²) in [5.41, 5.74) is 6.26. The Morgan fingerprint density at radius 2 is 1.71 bits per heavy atom. The van der Waals surface area contributed by atoms with Crippen LogP contribution in [0.5, 0.6) is 0 Å². The van der Waals surface area contributed by atoms with E-state index in [4.69, 9.17) is 0 Å². The molecule has 2 aromatic rings. The third-order valence-electron chi connectivity index (χ3n) is 6.20. The van der Waals surface area contributed by atoms with Crippen LogP contribution in [0.1, 0.15) is 44.3 Å². The lowest BCUT2D eigenvalue weighted by molar-refractivity contribution is -0.118. The second-order valence-electron chi connectivity index (χ2n) is 8.80. The lowest BCUT2D eigenvalue weighted by Gasteiger charge is -2.15. The first-order valence-electron chi connectivity index (χ1n) is 11.1. The summed E-state index contributed by atoms with van der Waals surface area (Å²) in [6, 6.07) is 8.71. The largest absolute Gasteiger partial charge is 0.388 e. The van der Waals surface area contributed by atoms with E-state index in [1.807, 2.05) is 32.0 Å². The summed E-state index contributed by atoms with van der Waals surface area (Å²) in [5, 5.41) is 29.2. The molecule has 3 atom stereocenters. The number of hydrazone groups is 2. The van der Waals surface area contributed by atoms with Gasteiger partial charge in [-0.15, -0.1) is 11.3 Å². The van der Waals surface area contributed by atoms with E-state index in [0.29, 0.717) is 22.0 Å². The molecule has 3 amide bonds. The molecule has 10 nitrogen and oxygen atoms in total. The highest BCUT2D eigenvalue weighted by atomic mass is 32.1. The molecule has 3 unspecified atom stereocenters. The minimum absolute atomic E-state index is 0.0401. The van der Waals surface area contributed by atoms with Crippen molar-refractivity contribution < 1.29 is 24.6 Å². The molecule has 0 radical (unpaired) electrons. The summed E-state index contributed by atoms with van der Waals surface area (Å²) in [7, 11) is 0. The maximum absolute atomic E-state index is 13.1. The molecule has 0 aliphatic carbocycles. The quantitative estimate of drug-likeness (QED) is 0.427. The van der Waals surface area contributed by atoms with Gasteiger partial charge in [0.25, 0.3) is 17.7 Å². The molecule has 2 aliphatic heterocycles. The van der Waals surface area contributed by atoms with E-state index < -0.39 is 24.0 Å². The molecule has 1 aromatic heterocycles. The molecule has 3 heterocycles. The number of aliphatic hydroxyl groups is 2. The van der Waals surface area contributed by atoms with Crippen molar-refractivity contribution in [2.24, 2.45) is 16.1 Å². The first-order valence-corrected chi connectivity index (χ1v) is 11.9. The minimum Gasteiger partial charge on any atom is -0.388 e. The number of aryl methyl sites for hydroxylation is 2. The van der Waals surface area contributed by atoms with E-state index in [0.717, 1.165) is 22.5 Å². The van der Waals surface area contributed by atoms with Crippen molar-refractivity contribution >= 4 is 46.2 Å².